The lowest BCUT2D eigenvalue weighted by atomic mass is 10.0. The molecular formula is C19H24N2O2. The largest absolute Gasteiger partial charge is 0.507 e. The van der Waals surface area contributed by atoms with Crippen molar-refractivity contribution < 1.29 is 5.11 Å². The van der Waals surface area contributed by atoms with Gasteiger partial charge >= 0.3 is 0 Å². The van der Waals surface area contributed by atoms with Gasteiger partial charge in [0.25, 0.3) is 5.56 Å². The zero-order valence-corrected chi connectivity index (χ0v) is 13.9. The molecule has 1 aliphatic rings. The summed E-state index contributed by atoms with van der Waals surface area (Å²) in [5, 5.41) is 10.3. The number of nitrogens with zero attached hydrogens (tertiary/aromatic N) is 1. The van der Waals surface area contributed by atoms with E-state index in [0.29, 0.717) is 12.0 Å². The highest BCUT2D eigenvalue weighted by atomic mass is 16.3. The normalized spacial score (nSPS) is 15.0. The van der Waals surface area contributed by atoms with Crippen molar-refractivity contribution in [2.24, 2.45) is 0 Å². The van der Waals surface area contributed by atoms with Gasteiger partial charge in [-0.2, -0.15) is 0 Å². The summed E-state index contributed by atoms with van der Waals surface area (Å²) in [4.78, 5) is 17.3. The van der Waals surface area contributed by atoms with Crippen molar-refractivity contribution in [3.8, 4) is 17.0 Å². The molecule has 1 aliphatic heterocycles. The maximum absolute atomic E-state index is 12.0. The van der Waals surface area contributed by atoms with Crippen LogP contribution in [0.15, 0.2) is 29.1 Å². The van der Waals surface area contributed by atoms with Gasteiger partial charge in [-0.15, -0.1) is 0 Å². The Bertz CT molecular complexity index is 741. The van der Waals surface area contributed by atoms with Crippen molar-refractivity contribution in [3.63, 3.8) is 0 Å². The van der Waals surface area contributed by atoms with Gasteiger partial charge in [-0.3, -0.25) is 4.79 Å². The molecule has 1 fully saturated rings. The van der Waals surface area contributed by atoms with Gasteiger partial charge < -0.3 is 15.0 Å². The van der Waals surface area contributed by atoms with Crippen molar-refractivity contribution in [1.82, 2.24) is 4.98 Å². The first-order valence-electron chi connectivity index (χ1n) is 8.42. The molecule has 23 heavy (non-hydrogen) atoms. The number of piperidine rings is 1. The molecule has 1 saturated heterocycles. The summed E-state index contributed by atoms with van der Waals surface area (Å²) in [6.45, 7) is 5.86. The second kappa shape index (κ2) is 6.49. The minimum atomic E-state index is -0.227. The Morgan fingerprint density at radius 3 is 2.39 bits per heavy atom. The summed E-state index contributed by atoms with van der Waals surface area (Å²) in [7, 11) is 0. The van der Waals surface area contributed by atoms with Crippen LogP contribution in [-0.2, 0) is 6.42 Å². The highest BCUT2D eigenvalue weighted by molar-refractivity contribution is 5.69. The summed E-state index contributed by atoms with van der Waals surface area (Å²) in [6.07, 6.45) is 4.49. The molecule has 122 valence electrons. The van der Waals surface area contributed by atoms with Crippen LogP contribution in [0.1, 0.15) is 37.3 Å². The van der Waals surface area contributed by atoms with Gasteiger partial charge in [0.15, 0.2) is 0 Å². The van der Waals surface area contributed by atoms with Crippen LogP contribution in [0.5, 0.6) is 5.75 Å². The number of hydrogen-bond donors (Lipinski definition) is 2. The van der Waals surface area contributed by atoms with E-state index in [2.05, 4.69) is 22.0 Å². The molecule has 0 spiro atoms. The fourth-order valence-electron chi connectivity index (χ4n) is 3.32. The first kappa shape index (κ1) is 15.7. The Labute approximate surface area is 136 Å². The number of pyridine rings is 1. The van der Waals surface area contributed by atoms with Crippen LogP contribution in [0.2, 0.25) is 0 Å². The molecule has 1 aromatic carbocycles. The molecule has 0 unspecified atom stereocenters. The quantitative estimate of drug-likeness (QED) is 0.910. The standard InChI is InChI=1S/C19H24N2O2/c1-3-16-17(20-19(23)13(2)18(16)22)14-7-9-15(10-8-14)21-11-5-4-6-12-21/h7-10H,3-6,11-12H2,1-2H3,(H2,20,22,23). The number of benzene rings is 1. The molecule has 3 rings (SSSR count). The van der Waals surface area contributed by atoms with Crippen LogP contribution < -0.4 is 10.5 Å². The molecule has 0 atom stereocenters. The summed E-state index contributed by atoms with van der Waals surface area (Å²) in [5.74, 6) is 0.117. The lowest BCUT2D eigenvalue weighted by Crippen LogP contribution is -2.29. The van der Waals surface area contributed by atoms with Crippen molar-refractivity contribution in [3.05, 3.63) is 45.7 Å². The molecule has 0 amide bonds. The molecule has 4 heteroatoms. The molecule has 2 aromatic rings. The predicted molar refractivity (Wildman–Crippen MR) is 94.3 cm³/mol. The van der Waals surface area contributed by atoms with Crippen LogP contribution in [0.3, 0.4) is 0 Å². The van der Waals surface area contributed by atoms with Crippen LogP contribution >= 0.6 is 0 Å². The molecule has 0 aliphatic carbocycles. The number of aromatic hydroxyl groups is 1. The molecule has 0 radical (unpaired) electrons. The first-order valence-corrected chi connectivity index (χ1v) is 8.42. The van der Waals surface area contributed by atoms with E-state index in [9.17, 15) is 9.90 Å². The van der Waals surface area contributed by atoms with Crippen LogP contribution in [-0.4, -0.2) is 23.2 Å². The van der Waals surface area contributed by atoms with Crippen molar-refractivity contribution in [1.29, 1.82) is 0 Å². The zero-order valence-electron chi connectivity index (χ0n) is 13.9. The average molecular weight is 312 g/mol. The Balaban J connectivity index is 1.97. The third kappa shape index (κ3) is 2.98. The summed E-state index contributed by atoms with van der Waals surface area (Å²) in [6, 6.07) is 8.27. The van der Waals surface area contributed by atoms with Gasteiger partial charge in [-0.25, -0.2) is 0 Å². The monoisotopic (exact) mass is 312 g/mol. The van der Waals surface area contributed by atoms with E-state index < -0.39 is 0 Å². The SMILES string of the molecule is CCc1c(-c2ccc(N3CCCCC3)cc2)[nH]c(=O)c(C)c1O. The van der Waals surface area contributed by atoms with E-state index in [0.717, 1.165) is 29.9 Å². The number of nitrogens with one attached hydrogen (secondary N) is 1. The fourth-order valence-corrected chi connectivity index (χ4v) is 3.32. The number of H-pyrrole nitrogens is 1. The van der Waals surface area contributed by atoms with Gasteiger partial charge in [0.2, 0.25) is 0 Å². The Morgan fingerprint density at radius 2 is 1.78 bits per heavy atom. The van der Waals surface area contributed by atoms with Gasteiger partial charge in [0.1, 0.15) is 5.75 Å². The zero-order chi connectivity index (χ0) is 16.4. The second-order valence-corrected chi connectivity index (χ2v) is 6.23. The number of anilines is 1. The van der Waals surface area contributed by atoms with Crippen LogP contribution in [0, 0.1) is 6.92 Å². The Kier molecular flexibility index (Phi) is 4.42. The third-order valence-corrected chi connectivity index (χ3v) is 4.75. The second-order valence-electron chi connectivity index (χ2n) is 6.23. The molecule has 4 nitrogen and oxygen atoms in total. The van der Waals surface area contributed by atoms with Gasteiger partial charge in [-0.1, -0.05) is 19.1 Å². The first-order chi connectivity index (χ1) is 11.1. The van der Waals surface area contributed by atoms with E-state index >= 15 is 0 Å². The highest BCUT2D eigenvalue weighted by Crippen LogP contribution is 2.30. The molecule has 1 aromatic heterocycles. The summed E-state index contributed by atoms with van der Waals surface area (Å²) >= 11 is 0. The highest BCUT2D eigenvalue weighted by Gasteiger charge is 2.15. The number of hydrogen-bond acceptors (Lipinski definition) is 3. The van der Waals surface area contributed by atoms with Crippen LogP contribution in [0.25, 0.3) is 11.3 Å². The topological polar surface area (TPSA) is 56.3 Å². The summed E-state index contributed by atoms with van der Waals surface area (Å²) in [5.41, 5.74) is 3.85. The van der Waals surface area contributed by atoms with E-state index in [1.165, 1.54) is 24.9 Å². The lowest BCUT2D eigenvalue weighted by molar-refractivity contribution is 0.463. The maximum atomic E-state index is 12.0. The molecular weight excluding hydrogens is 288 g/mol. The molecule has 0 bridgehead atoms. The summed E-state index contributed by atoms with van der Waals surface area (Å²) < 4.78 is 0. The lowest BCUT2D eigenvalue weighted by Gasteiger charge is -2.29. The van der Waals surface area contributed by atoms with Crippen molar-refractivity contribution in [2.75, 3.05) is 18.0 Å². The smallest absolute Gasteiger partial charge is 0.255 e. The van der Waals surface area contributed by atoms with E-state index in [1.807, 2.05) is 19.1 Å². The van der Waals surface area contributed by atoms with Crippen molar-refractivity contribution in [2.45, 2.75) is 39.5 Å². The average Bonchev–Trinajstić information content (AvgIpc) is 2.60. The third-order valence-electron chi connectivity index (χ3n) is 4.75. The Hall–Kier alpha value is -2.23. The molecule has 2 N–H and O–H groups in total. The van der Waals surface area contributed by atoms with Crippen LogP contribution in [0.4, 0.5) is 5.69 Å². The number of rotatable bonds is 3. The van der Waals surface area contributed by atoms with E-state index in [1.54, 1.807) is 6.92 Å². The van der Waals surface area contributed by atoms with Crippen molar-refractivity contribution >= 4 is 5.69 Å². The van der Waals surface area contributed by atoms with Gasteiger partial charge in [-0.05, 0) is 50.3 Å². The van der Waals surface area contributed by atoms with Gasteiger partial charge in [0.05, 0.1) is 11.3 Å². The maximum Gasteiger partial charge on any atom is 0.255 e. The predicted octanol–water partition coefficient (Wildman–Crippen LogP) is 3.61. The minimum absolute atomic E-state index is 0.117. The number of aromatic nitrogens is 1. The number of aromatic amines is 1. The minimum Gasteiger partial charge on any atom is -0.507 e. The Morgan fingerprint density at radius 1 is 1.13 bits per heavy atom. The van der Waals surface area contributed by atoms with Gasteiger partial charge in [0, 0.05) is 24.3 Å². The van der Waals surface area contributed by atoms with E-state index in [-0.39, 0.29) is 11.3 Å². The fraction of sp³-hybridized carbons (Fsp3) is 0.421. The molecule has 0 saturated carbocycles. The van der Waals surface area contributed by atoms with E-state index in [4.69, 9.17) is 0 Å². The molecule has 2 heterocycles.